The molecule has 0 atom stereocenters. The van der Waals surface area contributed by atoms with E-state index in [1.54, 1.807) is 23.5 Å². The van der Waals surface area contributed by atoms with Crippen molar-refractivity contribution in [2.45, 2.75) is 19.5 Å². The third-order valence-corrected chi connectivity index (χ3v) is 5.23. The number of hydrogen-bond acceptors (Lipinski definition) is 6. The maximum atomic E-state index is 12.4. The van der Waals surface area contributed by atoms with Crippen LogP contribution in [-0.4, -0.2) is 31.6 Å². The number of aromatic hydroxyl groups is 2. The number of phenols is 2. The van der Waals surface area contributed by atoms with Crippen molar-refractivity contribution in [2.75, 3.05) is 6.54 Å². The summed E-state index contributed by atoms with van der Waals surface area (Å²) in [6.07, 6.45) is 0.645. The minimum absolute atomic E-state index is 0.0599. The van der Waals surface area contributed by atoms with Gasteiger partial charge in [-0.3, -0.25) is 9.69 Å². The zero-order chi connectivity index (χ0) is 17.4. The van der Waals surface area contributed by atoms with Gasteiger partial charge in [0, 0.05) is 25.2 Å². The number of nitrogens with one attached hydrogen (secondary N) is 1. The lowest BCUT2D eigenvalue weighted by atomic mass is 10.1. The summed E-state index contributed by atoms with van der Waals surface area (Å²) in [7, 11) is 0. The second-order valence-corrected chi connectivity index (χ2v) is 7.05. The van der Waals surface area contributed by atoms with E-state index in [2.05, 4.69) is 14.9 Å². The lowest BCUT2D eigenvalue weighted by Gasteiger charge is -2.27. The molecule has 1 aliphatic rings. The van der Waals surface area contributed by atoms with Gasteiger partial charge in [0.1, 0.15) is 0 Å². The zero-order valence-electron chi connectivity index (χ0n) is 13.4. The Morgan fingerprint density at radius 1 is 1.24 bits per heavy atom. The highest BCUT2D eigenvalue weighted by molar-refractivity contribution is 7.13. The lowest BCUT2D eigenvalue weighted by molar-refractivity contribution is 0.240. The first kappa shape index (κ1) is 15.9. The van der Waals surface area contributed by atoms with Crippen LogP contribution in [0.4, 0.5) is 0 Å². The van der Waals surface area contributed by atoms with Crippen LogP contribution in [0.1, 0.15) is 16.8 Å². The number of benzene rings is 1. The fraction of sp³-hybridized carbons (Fsp3) is 0.222. The van der Waals surface area contributed by atoms with E-state index in [1.807, 2.05) is 17.5 Å². The first-order valence-electron chi connectivity index (χ1n) is 7.99. The quantitative estimate of drug-likeness (QED) is 0.628. The second-order valence-electron chi connectivity index (χ2n) is 6.10. The summed E-state index contributed by atoms with van der Waals surface area (Å²) < 4.78 is 0. The fourth-order valence-corrected chi connectivity index (χ4v) is 3.75. The highest BCUT2D eigenvalue weighted by Crippen LogP contribution is 2.27. The van der Waals surface area contributed by atoms with Crippen molar-refractivity contribution in [3.8, 4) is 22.2 Å². The Balaban J connectivity index is 1.59. The van der Waals surface area contributed by atoms with Gasteiger partial charge in [-0.2, -0.15) is 0 Å². The molecule has 128 valence electrons. The van der Waals surface area contributed by atoms with Gasteiger partial charge in [0.05, 0.1) is 10.6 Å². The van der Waals surface area contributed by atoms with Crippen molar-refractivity contribution in [3.63, 3.8) is 0 Å². The summed E-state index contributed by atoms with van der Waals surface area (Å²) in [5.41, 5.74) is 2.41. The van der Waals surface area contributed by atoms with Gasteiger partial charge in [0.2, 0.25) is 0 Å². The van der Waals surface area contributed by atoms with E-state index < -0.39 is 0 Å². The van der Waals surface area contributed by atoms with Gasteiger partial charge in [0.15, 0.2) is 17.3 Å². The predicted molar refractivity (Wildman–Crippen MR) is 95.8 cm³/mol. The molecule has 0 unspecified atom stereocenters. The average molecular weight is 355 g/mol. The van der Waals surface area contributed by atoms with Crippen LogP contribution in [0.2, 0.25) is 0 Å². The Hall–Kier alpha value is -2.64. The molecular formula is C18H17N3O3S. The minimum Gasteiger partial charge on any atom is -0.504 e. The molecule has 0 fully saturated rings. The Morgan fingerprint density at radius 3 is 2.88 bits per heavy atom. The standard InChI is InChI=1S/C18H17N3O3S/c22-14-4-3-11(8-15(14)23)9-21-6-5-12-13(10-21)19-17(20-18(12)24)16-2-1-7-25-16/h1-4,7-8,22-23H,5-6,9-10H2,(H,19,20,24). The summed E-state index contributed by atoms with van der Waals surface area (Å²) in [6.45, 7) is 1.95. The van der Waals surface area contributed by atoms with Crippen molar-refractivity contribution in [1.29, 1.82) is 0 Å². The van der Waals surface area contributed by atoms with Crippen LogP contribution >= 0.6 is 11.3 Å². The van der Waals surface area contributed by atoms with E-state index in [1.165, 1.54) is 6.07 Å². The molecule has 0 spiro atoms. The molecule has 25 heavy (non-hydrogen) atoms. The Labute approximate surface area is 148 Å². The molecule has 3 aromatic rings. The largest absolute Gasteiger partial charge is 0.504 e. The van der Waals surface area contributed by atoms with Gasteiger partial charge in [-0.25, -0.2) is 4.98 Å². The molecule has 0 saturated heterocycles. The molecule has 0 radical (unpaired) electrons. The number of hydrogen-bond donors (Lipinski definition) is 3. The first-order valence-corrected chi connectivity index (χ1v) is 8.87. The highest BCUT2D eigenvalue weighted by Gasteiger charge is 2.22. The highest BCUT2D eigenvalue weighted by atomic mass is 32.1. The summed E-state index contributed by atoms with van der Waals surface area (Å²) in [6, 6.07) is 8.71. The summed E-state index contributed by atoms with van der Waals surface area (Å²) in [4.78, 5) is 23.0. The third-order valence-electron chi connectivity index (χ3n) is 4.35. The van der Waals surface area contributed by atoms with Gasteiger partial charge in [0.25, 0.3) is 5.56 Å². The molecule has 4 rings (SSSR count). The first-order chi connectivity index (χ1) is 12.1. The van der Waals surface area contributed by atoms with Crippen LogP contribution in [0.5, 0.6) is 11.5 Å². The van der Waals surface area contributed by atoms with E-state index in [0.29, 0.717) is 25.3 Å². The van der Waals surface area contributed by atoms with Crippen LogP contribution in [0.15, 0.2) is 40.5 Å². The Bertz CT molecular complexity index is 966. The van der Waals surface area contributed by atoms with Gasteiger partial charge in [-0.05, 0) is 35.6 Å². The Morgan fingerprint density at radius 2 is 2.12 bits per heavy atom. The topological polar surface area (TPSA) is 89.5 Å². The van der Waals surface area contributed by atoms with Crippen molar-refractivity contribution >= 4 is 11.3 Å². The Kier molecular flexibility index (Phi) is 4.03. The molecule has 7 heteroatoms. The predicted octanol–water partition coefficient (Wildman–Crippen LogP) is 2.47. The normalized spacial score (nSPS) is 14.4. The zero-order valence-corrected chi connectivity index (χ0v) is 14.2. The van der Waals surface area contributed by atoms with E-state index in [4.69, 9.17) is 0 Å². The fourth-order valence-electron chi connectivity index (χ4n) is 3.08. The molecule has 3 N–H and O–H groups in total. The number of aromatic amines is 1. The molecule has 2 aromatic heterocycles. The van der Waals surface area contributed by atoms with Crippen LogP contribution in [-0.2, 0) is 19.5 Å². The van der Waals surface area contributed by atoms with Crippen molar-refractivity contribution in [2.24, 2.45) is 0 Å². The summed E-state index contributed by atoms with van der Waals surface area (Å²) in [5, 5.41) is 21.0. The van der Waals surface area contributed by atoms with Crippen LogP contribution < -0.4 is 5.56 Å². The van der Waals surface area contributed by atoms with E-state index in [0.717, 1.165) is 28.2 Å². The monoisotopic (exact) mass is 355 g/mol. The number of aromatic nitrogens is 2. The van der Waals surface area contributed by atoms with Crippen LogP contribution in [0.3, 0.4) is 0 Å². The molecule has 1 aliphatic heterocycles. The number of nitrogens with zero attached hydrogens (tertiary/aromatic N) is 2. The summed E-state index contributed by atoms with van der Waals surface area (Å²) >= 11 is 1.54. The van der Waals surface area contributed by atoms with Crippen LogP contribution in [0, 0.1) is 0 Å². The molecule has 0 bridgehead atoms. The molecule has 3 heterocycles. The number of H-pyrrole nitrogens is 1. The third kappa shape index (κ3) is 3.16. The van der Waals surface area contributed by atoms with E-state index >= 15 is 0 Å². The number of rotatable bonds is 3. The maximum absolute atomic E-state index is 12.4. The second kappa shape index (κ2) is 6.34. The van der Waals surface area contributed by atoms with Crippen LogP contribution in [0.25, 0.3) is 10.7 Å². The van der Waals surface area contributed by atoms with Gasteiger partial charge < -0.3 is 15.2 Å². The van der Waals surface area contributed by atoms with Crippen molar-refractivity contribution < 1.29 is 10.2 Å². The van der Waals surface area contributed by atoms with Crippen molar-refractivity contribution in [1.82, 2.24) is 14.9 Å². The SMILES string of the molecule is O=c1[nH]c(-c2cccs2)nc2c1CCN(Cc1ccc(O)c(O)c1)C2. The minimum atomic E-state index is -0.124. The molecular weight excluding hydrogens is 338 g/mol. The molecule has 0 aliphatic carbocycles. The van der Waals surface area contributed by atoms with Gasteiger partial charge in [-0.15, -0.1) is 11.3 Å². The lowest BCUT2D eigenvalue weighted by Crippen LogP contribution is -2.35. The van der Waals surface area contributed by atoms with Gasteiger partial charge in [-0.1, -0.05) is 12.1 Å². The smallest absolute Gasteiger partial charge is 0.254 e. The molecule has 6 nitrogen and oxygen atoms in total. The van der Waals surface area contributed by atoms with E-state index in [-0.39, 0.29) is 17.1 Å². The number of thiophene rings is 1. The molecule has 0 amide bonds. The maximum Gasteiger partial charge on any atom is 0.254 e. The molecule has 1 aromatic carbocycles. The summed E-state index contributed by atoms with van der Waals surface area (Å²) in [5.74, 6) is 0.369. The van der Waals surface area contributed by atoms with E-state index in [9.17, 15) is 15.0 Å². The average Bonchev–Trinajstić information content (AvgIpc) is 3.12. The van der Waals surface area contributed by atoms with Crippen molar-refractivity contribution in [3.05, 3.63) is 62.9 Å². The number of fused-ring (bicyclic) bond motifs is 1. The number of phenolic OH excluding ortho intramolecular Hbond substituents is 2. The van der Waals surface area contributed by atoms with Gasteiger partial charge >= 0.3 is 0 Å². The molecule has 0 saturated carbocycles.